The quantitative estimate of drug-likeness (QED) is 0.872. The van der Waals surface area contributed by atoms with Gasteiger partial charge in [-0.25, -0.2) is 0 Å². The molecule has 4 rings (SSSR count). The molecule has 0 spiro atoms. The smallest absolute Gasteiger partial charge is 0.276 e. The number of quaternary nitrogens is 1. The Morgan fingerprint density at radius 3 is 2.77 bits per heavy atom. The lowest BCUT2D eigenvalue weighted by Crippen LogP contribution is -3.14. The molecule has 4 nitrogen and oxygen atoms in total. The number of hydrogen-bond donors (Lipinski definition) is 2. The van der Waals surface area contributed by atoms with Gasteiger partial charge in [0.25, 0.3) is 5.91 Å². The first-order valence-electron chi connectivity index (χ1n) is 9.39. The zero-order valence-corrected chi connectivity index (χ0v) is 15.6. The highest BCUT2D eigenvalue weighted by atomic mass is 32.1. The van der Waals surface area contributed by atoms with E-state index in [2.05, 4.69) is 47.1 Å². The molecule has 134 valence electrons. The van der Waals surface area contributed by atoms with Gasteiger partial charge >= 0.3 is 0 Å². The SMILES string of the molecule is N#CC1(NC(=O)C[NH+]2CCc3sccc3[C@@H]2c2ccccc2)CCCC1. The van der Waals surface area contributed by atoms with Crippen molar-refractivity contribution in [3.05, 3.63) is 57.8 Å². The molecule has 1 aliphatic heterocycles. The second-order valence-corrected chi connectivity index (χ2v) is 8.43. The highest BCUT2D eigenvalue weighted by molar-refractivity contribution is 7.10. The zero-order valence-electron chi connectivity index (χ0n) is 14.8. The summed E-state index contributed by atoms with van der Waals surface area (Å²) in [5.41, 5.74) is 1.97. The standard InChI is InChI=1S/C21H23N3OS/c22-15-21(10-4-5-11-21)23-19(25)14-24-12-8-18-17(9-13-26-18)20(24)16-6-2-1-3-7-16/h1-3,6-7,9,13,20H,4-5,8,10-12,14H2,(H,23,25)/p+1/t20-/m0/s1. The molecule has 5 heteroatoms. The van der Waals surface area contributed by atoms with Gasteiger partial charge in [-0.1, -0.05) is 30.3 Å². The maximum absolute atomic E-state index is 12.8. The molecule has 1 aromatic carbocycles. The van der Waals surface area contributed by atoms with Gasteiger partial charge in [0.1, 0.15) is 11.6 Å². The van der Waals surface area contributed by atoms with Crippen molar-refractivity contribution >= 4 is 17.2 Å². The van der Waals surface area contributed by atoms with Crippen LogP contribution in [-0.2, 0) is 11.2 Å². The molecule has 2 aromatic rings. The van der Waals surface area contributed by atoms with E-state index in [1.165, 1.54) is 20.9 Å². The Balaban J connectivity index is 1.55. The van der Waals surface area contributed by atoms with Gasteiger partial charge in [0, 0.05) is 22.4 Å². The molecular weight excluding hydrogens is 342 g/mol. The van der Waals surface area contributed by atoms with Crippen molar-refractivity contribution in [1.82, 2.24) is 5.32 Å². The molecule has 2 aliphatic rings. The molecule has 0 radical (unpaired) electrons. The van der Waals surface area contributed by atoms with E-state index < -0.39 is 5.54 Å². The van der Waals surface area contributed by atoms with Gasteiger partial charge in [0.15, 0.2) is 6.54 Å². The van der Waals surface area contributed by atoms with E-state index in [4.69, 9.17) is 0 Å². The van der Waals surface area contributed by atoms with Crippen molar-refractivity contribution in [2.75, 3.05) is 13.1 Å². The van der Waals surface area contributed by atoms with Crippen LogP contribution in [0.15, 0.2) is 41.8 Å². The molecule has 1 fully saturated rings. The predicted octanol–water partition coefficient (Wildman–Crippen LogP) is 2.23. The maximum Gasteiger partial charge on any atom is 0.276 e. The second kappa shape index (κ2) is 7.22. The van der Waals surface area contributed by atoms with E-state index in [-0.39, 0.29) is 11.9 Å². The third kappa shape index (κ3) is 3.27. The number of carbonyl (C=O) groups is 1. The first kappa shape index (κ1) is 17.3. The van der Waals surface area contributed by atoms with Gasteiger partial charge in [0.2, 0.25) is 0 Å². The summed E-state index contributed by atoms with van der Waals surface area (Å²) >= 11 is 1.82. The molecule has 0 saturated heterocycles. The molecule has 1 unspecified atom stereocenters. The van der Waals surface area contributed by atoms with Crippen LogP contribution in [0.5, 0.6) is 0 Å². The lowest BCUT2D eigenvalue weighted by Gasteiger charge is -2.33. The number of hydrogen-bond acceptors (Lipinski definition) is 3. The Hall–Kier alpha value is -2.16. The highest BCUT2D eigenvalue weighted by Crippen LogP contribution is 2.30. The fourth-order valence-electron chi connectivity index (χ4n) is 4.46. The summed E-state index contributed by atoms with van der Waals surface area (Å²) in [4.78, 5) is 15.5. The summed E-state index contributed by atoms with van der Waals surface area (Å²) in [5.74, 6) is 0.00283. The van der Waals surface area contributed by atoms with Crippen molar-refractivity contribution in [1.29, 1.82) is 5.26 Å². The monoisotopic (exact) mass is 366 g/mol. The summed E-state index contributed by atoms with van der Waals surface area (Å²) in [6.07, 6.45) is 4.62. The lowest BCUT2D eigenvalue weighted by molar-refractivity contribution is -0.920. The molecule has 0 bridgehead atoms. The van der Waals surface area contributed by atoms with Crippen LogP contribution in [0.2, 0.25) is 0 Å². The minimum absolute atomic E-state index is 0.00283. The number of amides is 1. The third-order valence-corrected chi connectivity index (χ3v) is 6.74. The number of carbonyl (C=O) groups excluding carboxylic acids is 1. The van der Waals surface area contributed by atoms with Gasteiger partial charge in [-0.3, -0.25) is 4.79 Å². The average molecular weight is 367 g/mol. The van der Waals surface area contributed by atoms with Crippen molar-refractivity contribution < 1.29 is 9.69 Å². The van der Waals surface area contributed by atoms with E-state index in [0.717, 1.165) is 38.6 Å². The highest BCUT2D eigenvalue weighted by Gasteiger charge is 2.38. The number of benzene rings is 1. The number of rotatable bonds is 4. The van der Waals surface area contributed by atoms with E-state index in [1.54, 1.807) is 0 Å². The van der Waals surface area contributed by atoms with Crippen LogP contribution in [0.1, 0.15) is 47.7 Å². The minimum atomic E-state index is -0.637. The first-order chi connectivity index (χ1) is 12.7. The van der Waals surface area contributed by atoms with E-state index in [1.807, 2.05) is 17.4 Å². The van der Waals surface area contributed by atoms with Gasteiger partial charge < -0.3 is 10.2 Å². The Morgan fingerprint density at radius 2 is 2.04 bits per heavy atom. The fraction of sp³-hybridized carbons (Fsp3) is 0.429. The molecule has 1 aliphatic carbocycles. The van der Waals surface area contributed by atoms with Gasteiger partial charge in [-0.2, -0.15) is 5.26 Å². The second-order valence-electron chi connectivity index (χ2n) is 7.43. The maximum atomic E-state index is 12.8. The summed E-state index contributed by atoms with van der Waals surface area (Å²) in [7, 11) is 0. The summed E-state index contributed by atoms with van der Waals surface area (Å²) in [6.45, 7) is 1.36. The zero-order chi connectivity index (χ0) is 18.0. The van der Waals surface area contributed by atoms with Crippen LogP contribution in [0.4, 0.5) is 0 Å². The van der Waals surface area contributed by atoms with Crippen LogP contribution in [0, 0.1) is 11.3 Å². The number of nitriles is 1. The van der Waals surface area contributed by atoms with Crippen LogP contribution >= 0.6 is 11.3 Å². The number of thiophene rings is 1. The van der Waals surface area contributed by atoms with E-state index in [9.17, 15) is 10.1 Å². The first-order valence-corrected chi connectivity index (χ1v) is 10.3. The van der Waals surface area contributed by atoms with Crippen molar-refractivity contribution in [3.63, 3.8) is 0 Å². The molecule has 1 aromatic heterocycles. The molecule has 1 saturated carbocycles. The summed E-state index contributed by atoms with van der Waals surface area (Å²) in [5, 5.41) is 14.8. The van der Waals surface area contributed by atoms with Crippen molar-refractivity contribution in [2.24, 2.45) is 0 Å². The predicted molar refractivity (Wildman–Crippen MR) is 102 cm³/mol. The molecule has 2 atom stereocenters. The van der Waals surface area contributed by atoms with Gasteiger partial charge in [0.05, 0.1) is 12.6 Å². The average Bonchev–Trinajstić information content (AvgIpc) is 3.32. The molecule has 26 heavy (non-hydrogen) atoms. The Bertz CT molecular complexity index is 817. The van der Waals surface area contributed by atoms with Crippen LogP contribution in [-0.4, -0.2) is 24.5 Å². The van der Waals surface area contributed by atoms with Gasteiger partial charge in [-0.05, 0) is 37.1 Å². The normalized spacial score (nSPS) is 23.8. The Kier molecular flexibility index (Phi) is 4.80. The molecule has 2 heterocycles. The topological polar surface area (TPSA) is 57.3 Å². The Labute approximate surface area is 158 Å². The van der Waals surface area contributed by atoms with Crippen molar-refractivity contribution in [2.45, 2.75) is 43.7 Å². The fourth-order valence-corrected chi connectivity index (χ4v) is 5.38. The van der Waals surface area contributed by atoms with Crippen LogP contribution in [0.25, 0.3) is 0 Å². The number of nitrogens with zero attached hydrogens (tertiary/aromatic N) is 1. The number of nitrogens with one attached hydrogen (secondary N) is 2. The van der Waals surface area contributed by atoms with E-state index >= 15 is 0 Å². The Morgan fingerprint density at radius 1 is 1.27 bits per heavy atom. The van der Waals surface area contributed by atoms with Crippen molar-refractivity contribution in [3.8, 4) is 6.07 Å². The van der Waals surface area contributed by atoms with E-state index in [0.29, 0.717) is 6.54 Å². The summed E-state index contributed by atoms with van der Waals surface area (Å²) < 4.78 is 0. The largest absolute Gasteiger partial charge is 0.333 e. The van der Waals surface area contributed by atoms with Gasteiger partial charge in [-0.15, -0.1) is 11.3 Å². The summed E-state index contributed by atoms with van der Waals surface area (Å²) in [6, 6.07) is 15.2. The molecular formula is C21H24N3OS+. The minimum Gasteiger partial charge on any atom is -0.333 e. The van der Waals surface area contributed by atoms with Crippen LogP contribution in [0.3, 0.4) is 0 Å². The number of fused-ring (bicyclic) bond motifs is 1. The molecule has 1 amide bonds. The molecule has 2 N–H and O–H groups in total. The van der Waals surface area contributed by atoms with Crippen LogP contribution < -0.4 is 10.2 Å². The lowest BCUT2D eigenvalue weighted by atomic mass is 9.93. The third-order valence-electron chi connectivity index (χ3n) is 5.74.